The molecule has 0 atom stereocenters. The van der Waals surface area contributed by atoms with Crippen LogP contribution in [-0.2, 0) is 0 Å². The molecule has 1 aromatic carbocycles. The summed E-state index contributed by atoms with van der Waals surface area (Å²) < 4.78 is 0. The molecule has 1 N–H and O–H groups in total. The maximum absolute atomic E-state index is 11.6. The number of benzene rings is 1. The first-order chi connectivity index (χ1) is 7.13. The number of nitrogens with one attached hydrogen (secondary N) is 1. The molecule has 0 aliphatic rings. The quantitative estimate of drug-likeness (QED) is 0.778. The van der Waals surface area contributed by atoms with E-state index in [4.69, 9.17) is 0 Å². The topological polar surface area (TPSA) is 29.1 Å². The summed E-state index contributed by atoms with van der Waals surface area (Å²) in [6.07, 6.45) is 1.94. The SMILES string of the molecule is CSCC(=O)c1cccc(NC(C)C)c1. The van der Waals surface area contributed by atoms with Crippen molar-refractivity contribution in [2.75, 3.05) is 17.3 Å². The lowest BCUT2D eigenvalue weighted by molar-refractivity contribution is 0.102. The third kappa shape index (κ3) is 3.96. The zero-order valence-electron chi connectivity index (χ0n) is 9.41. The van der Waals surface area contributed by atoms with Crippen molar-refractivity contribution in [1.82, 2.24) is 0 Å². The van der Waals surface area contributed by atoms with Crippen molar-refractivity contribution in [3.8, 4) is 0 Å². The summed E-state index contributed by atoms with van der Waals surface area (Å²) in [5.74, 6) is 0.736. The lowest BCUT2D eigenvalue weighted by atomic mass is 10.1. The van der Waals surface area contributed by atoms with Crippen molar-refractivity contribution in [2.24, 2.45) is 0 Å². The first-order valence-electron chi connectivity index (χ1n) is 5.02. The van der Waals surface area contributed by atoms with Crippen LogP contribution in [0, 0.1) is 0 Å². The van der Waals surface area contributed by atoms with Crippen LogP contribution >= 0.6 is 11.8 Å². The Bertz CT molecular complexity index is 336. The average molecular weight is 223 g/mol. The molecule has 0 heterocycles. The van der Waals surface area contributed by atoms with Gasteiger partial charge < -0.3 is 5.32 Å². The van der Waals surface area contributed by atoms with Gasteiger partial charge in [0.25, 0.3) is 0 Å². The molecule has 3 heteroatoms. The van der Waals surface area contributed by atoms with Gasteiger partial charge in [0.1, 0.15) is 0 Å². The van der Waals surface area contributed by atoms with E-state index in [0.717, 1.165) is 11.3 Å². The number of Topliss-reactive ketones (excluding diaryl/α,β-unsaturated/α-hetero) is 1. The number of rotatable bonds is 5. The van der Waals surface area contributed by atoms with Gasteiger partial charge >= 0.3 is 0 Å². The Hall–Kier alpha value is -0.960. The summed E-state index contributed by atoms with van der Waals surface area (Å²) in [6.45, 7) is 4.16. The molecule has 0 unspecified atom stereocenters. The van der Waals surface area contributed by atoms with E-state index in [1.54, 1.807) is 11.8 Å². The molecular weight excluding hydrogens is 206 g/mol. The lowest BCUT2D eigenvalue weighted by Gasteiger charge is -2.10. The van der Waals surface area contributed by atoms with Gasteiger partial charge in [-0.05, 0) is 32.2 Å². The van der Waals surface area contributed by atoms with Gasteiger partial charge in [0.2, 0.25) is 0 Å². The molecule has 15 heavy (non-hydrogen) atoms. The fourth-order valence-electron chi connectivity index (χ4n) is 1.33. The fourth-order valence-corrected chi connectivity index (χ4v) is 1.76. The lowest BCUT2D eigenvalue weighted by Crippen LogP contribution is -2.10. The smallest absolute Gasteiger partial charge is 0.172 e. The first kappa shape index (κ1) is 12.1. The van der Waals surface area contributed by atoms with Crippen LogP contribution in [0.3, 0.4) is 0 Å². The van der Waals surface area contributed by atoms with Crippen LogP contribution < -0.4 is 5.32 Å². The number of hydrogen-bond donors (Lipinski definition) is 1. The second-order valence-corrected chi connectivity index (χ2v) is 4.60. The first-order valence-corrected chi connectivity index (χ1v) is 6.41. The number of thioether (sulfide) groups is 1. The molecule has 0 aliphatic carbocycles. The Morgan fingerprint density at radius 1 is 1.47 bits per heavy atom. The van der Waals surface area contributed by atoms with Crippen molar-refractivity contribution in [3.05, 3.63) is 29.8 Å². The molecule has 0 fully saturated rings. The molecule has 0 aromatic heterocycles. The predicted molar refractivity (Wildman–Crippen MR) is 67.9 cm³/mol. The molecule has 0 radical (unpaired) electrons. The van der Waals surface area contributed by atoms with Crippen LogP contribution in [0.4, 0.5) is 5.69 Å². The summed E-state index contributed by atoms with van der Waals surface area (Å²) in [4.78, 5) is 11.6. The largest absolute Gasteiger partial charge is 0.383 e. The van der Waals surface area contributed by atoms with Gasteiger partial charge in [0.05, 0.1) is 5.75 Å². The van der Waals surface area contributed by atoms with Gasteiger partial charge in [0, 0.05) is 17.3 Å². The van der Waals surface area contributed by atoms with Gasteiger partial charge in [-0.25, -0.2) is 0 Å². The fraction of sp³-hybridized carbons (Fsp3) is 0.417. The van der Waals surface area contributed by atoms with Crippen LogP contribution in [0.1, 0.15) is 24.2 Å². The molecule has 1 rings (SSSR count). The maximum atomic E-state index is 11.6. The van der Waals surface area contributed by atoms with Crippen molar-refractivity contribution < 1.29 is 4.79 Å². The van der Waals surface area contributed by atoms with Gasteiger partial charge in [-0.15, -0.1) is 0 Å². The van der Waals surface area contributed by atoms with Crippen LogP contribution in [0.15, 0.2) is 24.3 Å². The van der Waals surface area contributed by atoms with Gasteiger partial charge in [-0.2, -0.15) is 11.8 Å². The number of carbonyl (C=O) groups is 1. The second kappa shape index (κ2) is 5.81. The minimum Gasteiger partial charge on any atom is -0.383 e. The molecule has 0 amide bonds. The molecule has 0 bridgehead atoms. The monoisotopic (exact) mass is 223 g/mol. The molecule has 1 aromatic rings. The Morgan fingerprint density at radius 2 is 2.20 bits per heavy atom. The Kier molecular flexibility index (Phi) is 4.69. The number of carbonyl (C=O) groups excluding carboxylic acids is 1. The zero-order valence-corrected chi connectivity index (χ0v) is 10.2. The maximum Gasteiger partial charge on any atom is 0.172 e. The third-order valence-corrected chi connectivity index (χ3v) is 2.47. The van der Waals surface area contributed by atoms with Crippen LogP contribution in [-0.4, -0.2) is 23.8 Å². The van der Waals surface area contributed by atoms with E-state index in [1.165, 1.54) is 0 Å². The van der Waals surface area contributed by atoms with Gasteiger partial charge in [-0.3, -0.25) is 4.79 Å². The van der Waals surface area contributed by atoms with Crippen LogP contribution in [0.2, 0.25) is 0 Å². The number of anilines is 1. The highest BCUT2D eigenvalue weighted by Crippen LogP contribution is 2.13. The molecule has 2 nitrogen and oxygen atoms in total. The summed E-state index contributed by atoms with van der Waals surface area (Å²) in [7, 11) is 0. The molecule has 0 saturated carbocycles. The van der Waals surface area contributed by atoms with Crippen molar-refractivity contribution >= 4 is 23.2 Å². The molecular formula is C12H17NOS. The highest BCUT2D eigenvalue weighted by molar-refractivity contribution is 7.99. The predicted octanol–water partition coefficient (Wildman–Crippen LogP) is 3.05. The van der Waals surface area contributed by atoms with Crippen molar-refractivity contribution in [3.63, 3.8) is 0 Å². The molecule has 0 spiro atoms. The van der Waals surface area contributed by atoms with Crippen LogP contribution in [0.5, 0.6) is 0 Å². The highest BCUT2D eigenvalue weighted by atomic mass is 32.2. The summed E-state index contributed by atoms with van der Waals surface area (Å²) in [5, 5.41) is 3.28. The summed E-state index contributed by atoms with van der Waals surface area (Å²) in [5.41, 5.74) is 1.80. The van der Waals surface area contributed by atoms with Crippen molar-refractivity contribution in [1.29, 1.82) is 0 Å². The average Bonchev–Trinajstić information content (AvgIpc) is 2.17. The van der Waals surface area contributed by atoms with Crippen LogP contribution in [0.25, 0.3) is 0 Å². The Labute approximate surface area is 95.5 Å². The van der Waals surface area contributed by atoms with E-state index >= 15 is 0 Å². The highest BCUT2D eigenvalue weighted by Gasteiger charge is 2.05. The van der Waals surface area contributed by atoms with E-state index in [-0.39, 0.29) is 5.78 Å². The number of ketones is 1. The summed E-state index contributed by atoms with van der Waals surface area (Å²) in [6, 6.07) is 8.06. The standard InChI is InChI=1S/C12H17NOS/c1-9(2)13-11-6-4-5-10(7-11)12(14)8-15-3/h4-7,9,13H,8H2,1-3H3. The Balaban J connectivity index is 2.78. The molecule has 0 aliphatic heterocycles. The molecule has 0 saturated heterocycles. The normalized spacial score (nSPS) is 10.4. The van der Waals surface area contributed by atoms with Crippen molar-refractivity contribution in [2.45, 2.75) is 19.9 Å². The van der Waals surface area contributed by atoms with E-state index in [9.17, 15) is 4.79 Å². The summed E-state index contributed by atoms with van der Waals surface area (Å²) >= 11 is 1.55. The minimum atomic E-state index is 0.190. The third-order valence-electron chi connectivity index (χ3n) is 1.92. The van der Waals surface area contributed by atoms with E-state index in [0.29, 0.717) is 11.8 Å². The van der Waals surface area contributed by atoms with E-state index < -0.39 is 0 Å². The van der Waals surface area contributed by atoms with Gasteiger partial charge in [-0.1, -0.05) is 12.1 Å². The number of hydrogen-bond acceptors (Lipinski definition) is 3. The van der Waals surface area contributed by atoms with Gasteiger partial charge in [0.15, 0.2) is 5.78 Å². The zero-order chi connectivity index (χ0) is 11.3. The Morgan fingerprint density at radius 3 is 2.80 bits per heavy atom. The van der Waals surface area contributed by atoms with E-state index in [2.05, 4.69) is 19.2 Å². The minimum absolute atomic E-state index is 0.190. The van der Waals surface area contributed by atoms with E-state index in [1.807, 2.05) is 30.5 Å². The molecule has 82 valence electrons. The second-order valence-electron chi connectivity index (χ2n) is 3.74.